The van der Waals surface area contributed by atoms with Crippen molar-refractivity contribution >= 4 is 0 Å². The van der Waals surface area contributed by atoms with E-state index in [1.165, 1.54) is 6.42 Å². The molecule has 2 rings (SSSR count). The van der Waals surface area contributed by atoms with Crippen LogP contribution in [0.2, 0.25) is 0 Å². The molecule has 0 aliphatic carbocycles. The Morgan fingerprint density at radius 1 is 1.59 bits per heavy atom. The molecule has 17 heavy (non-hydrogen) atoms. The van der Waals surface area contributed by atoms with Crippen molar-refractivity contribution in [1.29, 1.82) is 0 Å². The summed E-state index contributed by atoms with van der Waals surface area (Å²) in [4.78, 5) is 4.30. The van der Waals surface area contributed by atoms with E-state index in [9.17, 15) is 0 Å². The van der Waals surface area contributed by atoms with Crippen molar-refractivity contribution in [3.8, 4) is 0 Å². The minimum Gasteiger partial charge on any atom is -0.380 e. The molecule has 1 atom stereocenters. The average molecular weight is 238 g/mol. The van der Waals surface area contributed by atoms with Crippen LogP contribution in [0.5, 0.6) is 0 Å². The van der Waals surface area contributed by atoms with Crippen molar-refractivity contribution in [2.45, 2.75) is 45.8 Å². The normalized spacial score (nSPS) is 21.0. The maximum atomic E-state index is 5.44. The van der Waals surface area contributed by atoms with Gasteiger partial charge >= 0.3 is 0 Å². The van der Waals surface area contributed by atoms with Crippen molar-refractivity contribution in [1.82, 2.24) is 20.1 Å². The lowest BCUT2D eigenvalue weighted by Gasteiger charge is -2.23. The highest BCUT2D eigenvalue weighted by atomic mass is 16.5. The summed E-state index contributed by atoms with van der Waals surface area (Å²) in [5.41, 5.74) is 0. The molecule has 1 unspecified atom stereocenters. The predicted octanol–water partition coefficient (Wildman–Crippen LogP) is 1.20. The number of hydrogen-bond donors (Lipinski definition) is 1. The van der Waals surface area contributed by atoms with Crippen LogP contribution in [0.4, 0.5) is 0 Å². The zero-order chi connectivity index (χ0) is 12.1. The molecule has 0 spiro atoms. The Kier molecular flexibility index (Phi) is 4.50. The summed E-state index contributed by atoms with van der Waals surface area (Å²) in [5, 5.41) is 7.74. The summed E-state index contributed by atoms with van der Waals surface area (Å²) >= 11 is 0. The Morgan fingerprint density at radius 2 is 2.47 bits per heavy atom. The van der Waals surface area contributed by atoms with Crippen LogP contribution in [-0.2, 0) is 17.8 Å². The smallest absolute Gasteiger partial charge is 0.140 e. The molecule has 1 N–H and O–H groups in total. The Balaban J connectivity index is 1.83. The highest BCUT2D eigenvalue weighted by molar-refractivity contribution is 4.85. The summed E-state index contributed by atoms with van der Waals surface area (Å²) in [6.07, 6.45) is 3.98. The highest BCUT2D eigenvalue weighted by Crippen LogP contribution is 2.07. The molecule has 1 saturated heterocycles. The van der Waals surface area contributed by atoms with E-state index in [2.05, 4.69) is 29.2 Å². The molecule has 96 valence electrons. The van der Waals surface area contributed by atoms with Gasteiger partial charge in [0, 0.05) is 19.2 Å². The van der Waals surface area contributed by atoms with Gasteiger partial charge in [-0.25, -0.2) is 9.67 Å². The van der Waals surface area contributed by atoms with Gasteiger partial charge < -0.3 is 10.1 Å². The predicted molar refractivity (Wildman–Crippen MR) is 65.5 cm³/mol. The Labute approximate surface area is 103 Å². The molecule has 0 aromatic carbocycles. The van der Waals surface area contributed by atoms with Crippen molar-refractivity contribution in [2.75, 3.05) is 13.2 Å². The third kappa shape index (κ3) is 3.78. The van der Waals surface area contributed by atoms with E-state index in [0.29, 0.717) is 12.0 Å². The molecular formula is C12H22N4O. The van der Waals surface area contributed by atoms with Gasteiger partial charge in [0.1, 0.15) is 12.2 Å². The molecule has 5 heteroatoms. The van der Waals surface area contributed by atoms with Crippen LogP contribution < -0.4 is 5.32 Å². The number of aromatic nitrogens is 3. The van der Waals surface area contributed by atoms with Gasteiger partial charge in [-0.3, -0.25) is 0 Å². The number of nitrogens with zero attached hydrogens (tertiary/aromatic N) is 3. The van der Waals surface area contributed by atoms with Crippen LogP contribution in [0.1, 0.15) is 32.5 Å². The Bertz CT molecular complexity index is 331. The molecule has 0 radical (unpaired) electrons. The monoisotopic (exact) mass is 238 g/mol. The maximum Gasteiger partial charge on any atom is 0.140 e. The fourth-order valence-electron chi connectivity index (χ4n) is 2.06. The second kappa shape index (κ2) is 6.12. The van der Waals surface area contributed by atoms with Crippen LogP contribution in [0, 0.1) is 5.92 Å². The first-order valence-corrected chi connectivity index (χ1v) is 6.43. The van der Waals surface area contributed by atoms with E-state index >= 15 is 0 Å². The number of ether oxygens (including phenoxy) is 1. The summed E-state index contributed by atoms with van der Waals surface area (Å²) < 4.78 is 7.43. The van der Waals surface area contributed by atoms with Crippen LogP contribution in [0.15, 0.2) is 6.33 Å². The van der Waals surface area contributed by atoms with Gasteiger partial charge in [-0.05, 0) is 18.8 Å². The molecule has 1 aromatic heterocycles. The first-order valence-electron chi connectivity index (χ1n) is 6.43. The van der Waals surface area contributed by atoms with Crippen molar-refractivity contribution < 1.29 is 4.74 Å². The molecule has 2 heterocycles. The van der Waals surface area contributed by atoms with E-state index in [4.69, 9.17) is 4.74 Å². The fourth-order valence-corrected chi connectivity index (χ4v) is 2.06. The zero-order valence-electron chi connectivity index (χ0n) is 10.7. The molecule has 1 aromatic rings. The SMILES string of the molecule is CC(C)Cn1ncnc1CNC1CCCOC1. The third-order valence-corrected chi connectivity index (χ3v) is 2.94. The quantitative estimate of drug-likeness (QED) is 0.837. The largest absolute Gasteiger partial charge is 0.380 e. The number of rotatable bonds is 5. The number of nitrogens with one attached hydrogen (secondary N) is 1. The number of hydrogen-bond acceptors (Lipinski definition) is 4. The zero-order valence-corrected chi connectivity index (χ0v) is 10.7. The Morgan fingerprint density at radius 3 is 3.18 bits per heavy atom. The highest BCUT2D eigenvalue weighted by Gasteiger charge is 2.14. The van der Waals surface area contributed by atoms with Gasteiger partial charge in [-0.15, -0.1) is 0 Å². The van der Waals surface area contributed by atoms with E-state index in [0.717, 1.165) is 38.5 Å². The van der Waals surface area contributed by atoms with Gasteiger partial charge in [-0.1, -0.05) is 13.8 Å². The second-order valence-corrected chi connectivity index (χ2v) is 5.05. The lowest BCUT2D eigenvalue weighted by Crippen LogP contribution is -2.37. The van der Waals surface area contributed by atoms with Crippen molar-refractivity contribution in [3.63, 3.8) is 0 Å². The molecule has 1 aliphatic heterocycles. The standard InChI is InChI=1S/C12H22N4O/c1-10(2)7-16-12(14-9-15-16)6-13-11-4-3-5-17-8-11/h9-11,13H,3-8H2,1-2H3. The first-order chi connectivity index (χ1) is 8.25. The summed E-state index contributed by atoms with van der Waals surface area (Å²) in [6.45, 7) is 7.81. The van der Waals surface area contributed by atoms with Crippen molar-refractivity contribution in [3.05, 3.63) is 12.2 Å². The van der Waals surface area contributed by atoms with Gasteiger partial charge in [-0.2, -0.15) is 5.10 Å². The molecule has 1 aliphatic rings. The van der Waals surface area contributed by atoms with E-state index in [-0.39, 0.29) is 0 Å². The third-order valence-electron chi connectivity index (χ3n) is 2.94. The molecule has 5 nitrogen and oxygen atoms in total. The molecule has 0 bridgehead atoms. The van der Waals surface area contributed by atoms with E-state index in [1.807, 2.05) is 4.68 Å². The molecule has 0 amide bonds. The van der Waals surface area contributed by atoms with Gasteiger partial charge in [0.2, 0.25) is 0 Å². The minimum atomic E-state index is 0.466. The van der Waals surface area contributed by atoms with Crippen LogP contribution in [0.3, 0.4) is 0 Å². The summed E-state index contributed by atoms with van der Waals surface area (Å²) in [5.74, 6) is 1.61. The summed E-state index contributed by atoms with van der Waals surface area (Å²) in [6, 6.07) is 0.466. The van der Waals surface area contributed by atoms with Gasteiger partial charge in [0.25, 0.3) is 0 Å². The van der Waals surface area contributed by atoms with Crippen LogP contribution in [0.25, 0.3) is 0 Å². The molecule has 0 saturated carbocycles. The van der Waals surface area contributed by atoms with E-state index < -0.39 is 0 Å². The summed E-state index contributed by atoms with van der Waals surface area (Å²) in [7, 11) is 0. The Hall–Kier alpha value is -0.940. The lowest BCUT2D eigenvalue weighted by atomic mass is 10.1. The topological polar surface area (TPSA) is 52.0 Å². The maximum absolute atomic E-state index is 5.44. The van der Waals surface area contributed by atoms with E-state index in [1.54, 1.807) is 6.33 Å². The van der Waals surface area contributed by atoms with Gasteiger partial charge in [0.15, 0.2) is 0 Å². The lowest BCUT2D eigenvalue weighted by molar-refractivity contribution is 0.0695. The fraction of sp³-hybridized carbons (Fsp3) is 0.833. The van der Waals surface area contributed by atoms with Crippen LogP contribution >= 0.6 is 0 Å². The first kappa shape index (κ1) is 12.5. The van der Waals surface area contributed by atoms with Crippen LogP contribution in [-0.4, -0.2) is 34.0 Å². The molecular weight excluding hydrogens is 216 g/mol. The van der Waals surface area contributed by atoms with Gasteiger partial charge in [0.05, 0.1) is 13.2 Å². The minimum absolute atomic E-state index is 0.466. The second-order valence-electron chi connectivity index (χ2n) is 5.05. The van der Waals surface area contributed by atoms with Crippen molar-refractivity contribution in [2.24, 2.45) is 5.92 Å². The average Bonchev–Trinajstić information content (AvgIpc) is 2.74. The molecule has 1 fully saturated rings.